The van der Waals surface area contributed by atoms with E-state index in [2.05, 4.69) is 146 Å². The summed E-state index contributed by atoms with van der Waals surface area (Å²) >= 11 is 22.7. The smallest absolute Gasteiger partial charge is 0 e. The second-order valence-electron chi connectivity index (χ2n) is 13.1. The first-order valence-corrected chi connectivity index (χ1v) is 19.9. The maximum atomic E-state index is 5.67. The van der Waals surface area contributed by atoms with E-state index in [1.807, 2.05) is 72.8 Å². The molecule has 0 atom stereocenters. The molecule has 0 aliphatic heterocycles. The summed E-state index contributed by atoms with van der Waals surface area (Å²) in [5.74, 6) is 0. The van der Waals surface area contributed by atoms with Crippen molar-refractivity contribution in [2.24, 2.45) is 0 Å². The van der Waals surface area contributed by atoms with Gasteiger partial charge >= 0.3 is 0 Å². The van der Waals surface area contributed by atoms with E-state index in [1.54, 1.807) is 0 Å². The van der Waals surface area contributed by atoms with Crippen molar-refractivity contribution < 1.29 is 16.5 Å². The van der Waals surface area contributed by atoms with Crippen LogP contribution in [0.1, 0.15) is 22.3 Å². The fourth-order valence-corrected chi connectivity index (χ4v) is 7.32. The van der Waals surface area contributed by atoms with Crippen molar-refractivity contribution in [2.75, 3.05) is 0 Å². The first kappa shape index (κ1) is 41.3. The number of benzene rings is 8. The van der Waals surface area contributed by atoms with E-state index in [1.165, 1.54) is 44.5 Å². The van der Waals surface area contributed by atoms with Gasteiger partial charge in [0.05, 0.1) is 0 Å². The summed E-state index contributed by atoms with van der Waals surface area (Å²) in [6.07, 6.45) is 0. The Balaban J connectivity index is 0.000000189. The van der Waals surface area contributed by atoms with Gasteiger partial charge < -0.3 is 50.5 Å². The summed E-state index contributed by atoms with van der Waals surface area (Å²) in [6, 6.07) is 74.4. The van der Waals surface area contributed by atoms with E-state index in [9.17, 15) is 0 Å². The molecule has 0 saturated heterocycles. The van der Waals surface area contributed by atoms with E-state index >= 15 is 0 Å². The summed E-state index contributed by atoms with van der Waals surface area (Å²) in [5.41, 5.74) is 13.4. The van der Waals surface area contributed by atoms with Crippen molar-refractivity contribution in [2.45, 2.75) is 0 Å². The van der Waals surface area contributed by atoms with Gasteiger partial charge in [0.1, 0.15) is 0 Å². The average Bonchev–Trinajstić information content (AvgIpc) is 3.29. The molecule has 0 aromatic heterocycles. The monoisotopic (exact) mass is 846 g/mol. The summed E-state index contributed by atoms with van der Waals surface area (Å²) in [7, 11) is 0. The van der Waals surface area contributed by atoms with Gasteiger partial charge in [-0.15, -0.1) is 0 Å². The van der Waals surface area contributed by atoms with Crippen LogP contribution in [0.4, 0.5) is 0 Å². The summed E-state index contributed by atoms with van der Waals surface area (Å²) in [6.45, 7) is 0. The van der Waals surface area contributed by atoms with Crippen molar-refractivity contribution in [3.8, 4) is 44.5 Å². The van der Waals surface area contributed by atoms with Crippen LogP contribution in [0.3, 0.4) is 0 Å². The second-order valence-corrected chi connectivity index (χ2v) is 14.7. The number of hydrogen-bond acceptors (Lipinski definition) is 4. The minimum absolute atomic E-state index is 0. The second kappa shape index (κ2) is 20.2. The van der Waals surface area contributed by atoms with Crippen LogP contribution < -0.4 is 0 Å². The molecule has 0 bridgehead atoms. The van der Waals surface area contributed by atoms with Gasteiger partial charge in [-0.25, -0.2) is 0 Å². The Morgan fingerprint density at radius 2 is 0.333 bits per heavy atom. The van der Waals surface area contributed by atoms with Gasteiger partial charge in [0.15, 0.2) is 0 Å². The predicted molar refractivity (Wildman–Crippen MR) is 251 cm³/mol. The average molecular weight is 848 g/mol. The molecule has 0 unspecified atom stereocenters. The Kier molecular flexibility index (Phi) is 14.6. The molecule has 0 saturated carbocycles. The van der Waals surface area contributed by atoms with E-state index < -0.39 is 0 Å². The first-order valence-electron chi connectivity index (χ1n) is 18.2. The maximum absolute atomic E-state index is 5.67. The van der Waals surface area contributed by atoms with Crippen LogP contribution in [0.15, 0.2) is 218 Å². The molecule has 0 heterocycles. The Morgan fingerprint density at radius 3 is 0.491 bits per heavy atom. The third-order valence-electron chi connectivity index (χ3n) is 9.43. The molecule has 282 valence electrons. The van der Waals surface area contributed by atoms with Crippen LogP contribution in [-0.2, 0) is 67.0 Å². The summed E-state index contributed by atoms with van der Waals surface area (Å²) < 4.78 is 0. The molecule has 5 heteroatoms. The molecule has 0 radical (unpaired) electrons. The third-order valence-corrected chi connectivity index (χ3v) is 11.4. The molecular weight excluding hydrogens is 812 g/mol. The Morgan fingerprint density at radius 1 is 0.193 bits per heavy atom. The van der Waals surface area contributed by atoms with Crippen LogP contribution >= 0.6 is 0 Å². The van der Waals surface area contributed by atoms with Gasteiger partial charge in [-0.05, 0) is 66.8 Å². The minimum Gasteiger partial charge on any atom is -0.781 e. The molecule has 8 aromatic carbocycles. The standard InChI is InChI=1S/2C26H20S2.Ni/c2*27-25(23-15-11-21(12-16-23)19-7-3-1-4-8-19)26(28)24-17-13-22(14-18-24)20-9-5-2-6-10-20;/h2*1-18,27-28H;/p-4/b2*26-25-;. The third kappa shape index (κ3) is 10.5. The molecule has 8 rings (SSSR count). The van der Waals surface area contributed by atoms with Gasteiger partial charge in [-0.2, -0.15) is 19.6 Å². The molecular formula is C52H36NiS4-4. The van der Waals surface area contributed by atoms with Gasteiger partial charge in [-0.3, -0.25) is 0 Å². The first-order chi connectivity index (χ1) is 27.4. The van der Waals surface area contributed by atoms with Crippen LogP contribution in [0.25, 0.3) is 64.1 Å². The number of rotatable bonds is 8. The molecule has 0 nitrogen and oxygen atoms in total. The summed E-state index contributed by atoms with van der Waals surface area (Å²) in [5, 5.41) is 0. The quantitative estimate of drug-likeness (QED) is 0.0848. The van der Waals surface area contributed by atoms with Gasteiger partial charge in [0.2, 0.25) is 0 Å². The molecule has 0 aliphatic carbocycles. The van der Waals surface area contributed by atoms with Gasteiger partial charge in [0, 0.05) is 16.5 Å². The van der Waals surface area contributed by atoms with E-state index in [0.717, 1.165) is 22.3 Å². The van der Waals surface area contributed by atoms with Crippen LogP contribution in [0.2, 0.25) is 0 Å². The molecule has 0 aliphatic rings. The van der Waals surface area contributed by atoms with Gasteiger partial charge in [0.25, 0.3) is 0 Å². The fourth-order valence-electron chi connectivity index (χ4n) is 6.30. The molecule has 57 heavy (non-hydrogen) atoms. The van der Waals surface area contributed by atoms with Crippen molar-refractivity contribution >= 4 is 70.1 Å². The molecule has 8 aromatic rings. The van der Waals surface area contributed by atoms with Crippen LogP contribution in [0, 0.1) is 0 Å². The summed E-state index contributed by atoms with van der Waals surface area (Å²) in [4.78, 5) is 2.84. The van der Waals surface area contributed by atoms with Crippen LogP contribution in [-0.4, -0.2) is 0 Å². The van der Waals surface area contributed by atoms with Crippen molar-refractivity contribution in [1.29, 1.82) is 0 Å². The zero-order chi connectivity index (χ0) is 38.7. The maximum Gasteiger partial charge on any atom is 0 e. The van der Waals surface area contributed by atoms with E-state index in [-0.39, 0.29) is 16.5 Å². The molecule has 0 spiro atoms. The van der Waals surface area contributed by atoms with E-state index in [4.69, 9.17) is 50.5 Å². The van der Waals surface area contributed by atoms with Crippen molar-refractivity contribution in [3.63, 3.8) is 0 Å². The number of hydrogen-bond donors (Lipinski definition) is 0. The molecule has 0 amide bonds. The zero-order valence-electron chi connectivity index (χ0n) is 30.7. The van der Waals surface area contributed by atoms with E-state index in [0.29, 0.717) is 19.6 Å². The topological polar surface area (TPSA) is 0 Å². The van der Waals surface area contributed by atoms with Gasteiger partial charge in [-0.1, -0.05) is 218 Å². The van der Waals surface area contributed by atoms with Crippen LogP contribution in [0.5, 0.6) is 0 Å². The Bertz CT molecular complexity index is 2170. The Hall–Kier alpha value is -5.39. The Labute approximate surface area is 369 Å². The molecule has 0 N–H and O–H groups in total. The van der Waals surface area contributed by atoms with Crippen molar-refractivity contribution in [1.82, 2.24) is 0 Å². The predicted octanol–water partition coefficient (Wildman–Crippen LogP) is 13.9. The largest absolute Gasteiger partial charge is 0.781 e. The van der Waals surface area contributed by atoms with Crippen molar-refractivity contribution in [3.05, 3.63) is 241 Å². The minimum atomic E-state index is 0. The fraction of sp³-hybridized carbons (Fsp3) is 0. The SMILES string of the molecule is [Ni].[S-]/C(=C(\[S-])c1ccc(-c2ccccc2)cc1)c1ccc(-c2ccccc2)cc1.[S-]/C(=C(\[S-])c1ccc(-c2ccccc2)cc1)c1ccc(-c2ccccc2)cc1. The normalized spacial score (nSPS) is 11.5. The zero-order valence-corrected chi connectivity index (χ0v) is 35.0. The molecule has 0 fully saturated rings.